The Bertz CT molecular complexity index is 655. The topological polar surface area (TPSA) is 29.3 Å². The van der Waals surface area contributed by atoms with E-state index in [0.717, 1.165) is 11.6 Å². The van der Waals surface area contributed by atoms with Gasteiger partial charge < -0.3 is 10.6 Å². The zero-order valence-electron chi connectivity index (χ0n) is 9.96. The predicted octanol–water partition coefficient (Wildman–Crippen LogP) is 3.38. The van der Waals surface area contributed by atoms with Crippen LogP contribution in [0.2, 0.25) is 0 Å². The number of anilines is 3. The van der Waals surface area contributed by atoms with Gasteiger partial charge >= 0.3 is 0 Å². The van der Waals surface area contributed by atoms with Crippen molar-refractivity contribution in [3.05, 3.63) is 53.3 Å². The van der Waals surface area contributed by atoms with Gasteiger partial charge in [-0.25, -0.2) is 13.2 Å². The van der Waals surface area contributed by atoms with Crippen molar-refractivity contribution in [3.63, 3.8) is 0 Å². The standard InChI is InChI=1S/C14H11F3N2/c15-9-2-1-8-5-6-19(12(8)7-9)14-11(18)4-3-10(16)13(14)17/h1-4,7H,5-6,18H2. The normalized spacial score (nSPS) is 13.7. The van der Waals surface area contributed by atoms with E-state index in [9.17, 15) is 13.2 Å². The van der Waals surface area contributed by atoms with Crippen LogP contribution in [0, 0.1) is 17.5 Å². The fraction of sp³-hybridized carbons (Fsp3) is 0.143. The van der Waals surface area contributed by atoms with E-state index < -0.39 is 17.5 Å². The first-order valence-electron chi connectivity index (χ1n) is 5.87. The molecule has 0 fully saturated rings. The molecule has 0 aromatic heterocycles. The van der Waals surface area contributed by atoms with Crippen molar-refractivity contribution in [2.45, 2.75) is 6.42 Å². The largest absolute Gasteiger partial charge is 0.397 e. The molecule has 2 nitrogen and oxygen atoms in total. The Morgan fingerprint density at radius 1 is 1.05 bits per heavy atom. The van der Waals surface area contributed by atoms with Gasteiger partial charge in [-0.2, -0.15) is 0 Å². The fourth-order valence-corrected chi connectivity index (χ4v) is 2.41. The Labute approximate surface area is 108 Å². The molecular formula is C14H11F3N2. The molecule has 2 N–H and O–H groups in total. The fourth-order valence-electron chi connectivity index (χ4n) is 2.41. The number of hydrogen-bond acceptors (Lipinski definition) is 2. The molecular weight excluding hydrogens is 253 g/mol. The molecule has 1 aliphatic heterocycles. The minimum Gasteiger partial charge on any atom is -0.397 e. The molecule has 0 spiro atoms. The number of nitrogens with zero attached hydrogens (tertiary/aromatic N) is 1. The van der Waals surface area contributed by atoms with Crippen LogP contribution >= 0.6 is 0 Å². The van der Waals surface area contributed by atoms with Crippen LogP contribution in [0.4, 0.5) is 30.2 Å². The number of halogens is 3. The summed E-state index contributed by atoms with van der Waals surface area (Å²) in [4.78, 5) is 1.52. The average molecular weight is 264 g/mol. The smallest absolute Gasteiger partial charge is 0.184 e. The minimum absolute atomic E-state index is 0.0237. The summed E-state index contributed by atoms with van der Waals surface area (Å²) < 4.78 is 40.6. The number of benzene rings is 2. The van der Waals surface area contributed by atoms with E-state index >= 15 is 0 Å². The third kappa shape index (κ3) is 1.82. The summed E-state index contributed by atoms with van der Waals surface area (Å²) >= 11 is 0. The molecule has 19 heavy (non-hydrogen) atoms. The first-order chi connectivity index (χ1) is 9.08. The summed E-state index contributed by atoms with van der Waals surface area (Å²) in [6.45, 7) is 0.448. The quantitative estimate of drug-likeness (QED) is 0.800. The highest BCUT2D eigenvalue weighted by Crippen LogP contribution is 2.39. The molecule has 0 saturated carbocycles. The molecule has 0 radical (unpaired) electrons. The van der Waals surface area contributed by atoms with Gasteiger partial charge in [-0.3, -0.25) is 0 Å². The van der Waals surface area contributed by atoms with Crippen molar-refractivity contribution in [3.8, 4) is 0 Å². The van der Waals surface area contributed by atoms with Gasteiger partial charge in [0, 0.05) is 12.2 Å². The maximum Gasteiger partial charge on any atom is 0.184 e. The zero-order chi connectivity index (χ0) is 13.6. The summed E-state index contributed by atoms with van der Waals surface area (Å²) in [6.07, 6.45) is 0.644. The Hall–Kier alpha value is -2.17. The third-order valence-corrected chi connectivity index (χ3v) is 3.31. The number of fused-ring (bicyclic) bond motifs is 1. The van der Waals surface area contributed by atoms with E-state index in [-0.39, 0.29) is 11.4 Å². The lowest BCUT2D eigenvalue weighted by atomic mass is 10.1. The van der Waals surface area contributed by atoms with Crippen LogP contribution in [0.5, 0.6) is 0 Å². The summed E-state index contributed by atoms with van der Waals surface area (Å²) in [5.41, 5.74) is 7.27. The molecule has 1 heterocycles. The monoisotopic (exact) mass is 264 g/mol. The SMILES string of the molecule is Nc1ccc(F)c(F)c1N1CCc2ccc(F)cc21. The first-order valence-corrected chi connectivity index (χ1v) is 5.87. The number of nitrogen functional groups attached to an aromatic ring is 1. The summed E-state index contributed by atoms with van der Waals surface area (Å²) in [6, 6.07) is 6.61. The van der Waals surface area contributed by atoms with Crippen LogP contribution < -0.4 is 10.6 Å². The van der Waals surface area contributed by atoms with Gasteiger partial charge in [0.05, 0.1) is 5.69 Å². The van der Waals surface area contributed by atoms with Gasteiger partial charge in [0.1, 0.15) is 11.5 Å². The third-order valence-electron chi connectivity index (χ3n) is 3.31. The second-order valence-corrected chi connectivity index (χ2v) is 4.47. The van der Waals surface area contributed by atoms with Crippen molar-refractivity contribution in [2.24, 2.45) is 0 Å². The summed E-state index contributed by atoms with van der Waals surface area (Å²) in [7, 11) is 0. The van der Waals surface area contributed by atoms with Crippen LogP contribution in [0.25, 0.3) is 0 Å². The van der Waals surface area contributed by atoms with Crippen molar-refractivity contribution in [1.82, 2.24) is 0 Å². The van der Waals surface area contributed by atoms with E-state index in [1.54, 1.807) is 6.07 Å². The van der Waals surface area contributed by atoms with Crippen LogP contribution in [0.3, 0.4) is 0 Å². The van der Waals surface area contributed by atoms with Gasteiger partial charge in [0.15, 0.2) is 11.6 Å². The Morgan fingerprint density at radius 3 is 2.63 bits per heavy atom. The number of rotatable bonds is 1. The molecule has 0 bridgehead atoms. The summed E-state index contributed by atoms with van der Waals surface area (Å²) in [5.74, 6) is -2.38. The van der Waals surface area contributed by atoms with E-state index in [1.807, 2.05) is 0 Å². The molecule has 0 atom stereocenters. The van der Waals surface area contributed by atoms with Crippen LogP contribution in [-0.4, -0.2) is 6.54 Å². The van der Waals surface area contributed by atoms with E-state index in [1.165, 1.54) is 23.1 Å². The maximum atomic E-state index is 13.9. The zero-order valence-corrected chi connectivity index (χ0v) is 9.96. The van der Waals surface area contributed by atoms with Gasteiger partial charge in [0.25, 0.3) is 0 Å². The van der Waals surface area contributed by atoms with E-state index in [4.69, 9.17) is 5.73 Å². The molecule has 98 valence electrons. The molecule has 0 unspecified atom stereocenters. The van der Waals surface area contributed by atoms with Crippen molar-refractivity contribution in [2.75, 3.05) is 17.2 Å². The molecule has 0 amide bonds. The molecule has 5 heteroatoms. The van der Waals surface area contributed by atoms with E-state index in [0.29, 0.717) is 18.7 Å². The van der Waals surface area contributed by atoms with Crippen molar-refractivity contribution < 1.29 is 13.2 Å². The molecule has 2 aromatic carbocycles. The minimum atomic E-state index is -1.00. The molecule has 0 saturated heterocycles. The highest BCUT2D eigenvalue weighted by molar-refractivity contribution is 5.78. The second-order valence-electron chi connectivity index (χ2n) is 4.47. The first kappa shape index (κ1) is 11.9. The van der Waals surface area contributed by atoms with Gasteiger partial charge in [-0.15, -0.1) is 0 Å². The average Bonchev–Trinajstić information content (AvgIpc) is 2.78. The Morgan fingerprint density at radius 2 is 1.84 bits per heavy atom. The highest BCUT2D eigenvalue weighted by atomic mass is 19.2. The highest BCUT2D eigenvalue weighted by Gasteiger charge is 2.26. The molecule has 2 aromatic rings. The molecule has 1 aliphatic rings. The van der Waals surface area contributed by atoms with Gasteiger partial charge in [0.2, 0.25) is 0 Å². The van der Waals surface area contributed by atoms with Gasteiger partial charge in [-0.05, 0) is 36.2 Å². The Balaban J connectivity index is 2.17. The lowest BCUT2D eigenvalue weighted by Gasteiger charge is -2.22. The predicted molar refractivity (Wildman–Crippen MR) is 67.9 cm³/mol. The lowest BCUT2D eigenvalue weighted by Crippen LogP contribution is -2.17. The van der Waals surface area contributed by atoms with Crippen LogP contribution in [0.1, 0.15) is 5.56 Å². The van der Waals surface area contributed by atoms with Crippen LogP contribution in [-0.2, 0) is 6.42 Å². The maximum absolute atomic E-state index is 13.9. The van der Waals surface area contributed by atoms with Crippen LogP contribution in [0.15, 0.2) is 30.3 Å². The number of hydrogen-bond donors (Lipinski definition) is 1. The van der Waals surface area contributed by atoms with Gasteiger partial charge in [-0.1, -0.05) is 6.07 Å². The number of nitrogens with two attached hydrogens (primary N) is 1. The van der Waals surface area contributed by atoms with E-state index in [2.05, 4.69) is 0 Å². The molecule has 3 rings (SSSR count). The van der Waals surface area contributed by atoms with Crippen molar-refractivity contribution in [1.29, 1.82) is 0 Å². The Kier molecular flexibility index (Phi) is 2.62. The second kappa shape index (κ2) is 4.19. The van der Waals surface area contributed by atoms with Crippen molar-refractivity contribution >= 4 is 17.1 Å². The lowest BCUT2D eigenvalue weighted by molar-refractivity contribution is 0.509. The summed E-state index contributed by atoms with van der Waals surface area (Å²) in [5, 5.41) is 0. The molecule has 0 aliphatic carbocycles.